The van der Waals surface area contributed by atoms with E-state index in [9.17, 15) is 14.9 Å². The zero-order valence-electron chi connectivity index (χ0n) is 26.0. The highest BCUT2D eigenvalue weighted by atomic mass is 16.9. The molecule has 0 amide bonds. The zero-order chi connectivity index (χ0) is 28.6. The summed E-state index contributed by atoms with van der Waals surface area (Å²) in [6.45, 7) is 19.3. The Morgan fingerprint density at radius 3 is 2.26 bits per heavy atom. The highest BCUT2D eigenvalue weighted by Crippen LogP contribution is 2.78. The number of hydrogen-bond donors (Lipinski definition) is 0. The van der Waals surface area contributed by atoms with Crippen molar-refractivity contribution in [1.29, 1.82) is 0 Å². The SMILES string of the molecule is CC(=O)O[C@H]1CC[C@]2(C)[C@H]3CC[C@@H]4[C@H]5[C@H](C(C)C)CC[C@]5(CCO[N+](=O)[O-])CC[C@@]4(C)[C@]3(C)CC[C@H]2C1(C)C. The van der Waals surface area contributed by atoms with Gasteiger partial charge in [-0.05, 0) is 128 Å². The summed E-state index contributed by atoms with van der Waals surface area (Å²) in [5.74, 6) is 3.79. The number of carbonyl (C=O) groups excluding carboxylic acids is 1. The Morgan fingerprint density at radius 1 is 0.897 bits per heavy atom. The molecule has 5 aliphatic carbocycles. The second-order valence-electron chi connectivity index (χ2n) is 16.3. The van der Waals surface area contributed by atoms with Crippen molar-refractivity contribution in [2.45, 2.75) is 132 Å². The van der Waals surface area contributed by atoms with E-state index in [0.29, 0.717) is 40.9 Å². The first-order valence-electron chi connectivity index (χ1n) is 16.1. The van der Waals surface area contributed by atoms with Gasteiger partial charge in [-0.1, -0.05) is 48.5 Å². The van der Waals surface area contributed by atoms with Gasteiger partial charge in [0.2, 0.25) is 0 Å². The van der Waals surface area contributed by atoms with E-state index in [1.54, 1.807) is 6.92 Å². The van der Waals surface area contributed by atoms with Crippen LogP contribution in [0.4, 0.5) is 0 Å². The number of esters is 1. The van der Waals surface area contributed by atoms with E-state index in [2.05, 4.69) is 48.5 Å². The molecule has 0 N–H and O–H groups in total. The van der Waals surface area contributed by atoms with Crippen LogP contribution in [0.3, 0.4) is 0 Å². The number of fused-ring (bicyclic) bond motifs is 7. The monoisotopic (exact) mass is 545 g/mol. The molecular weight excluding hydrogens is 490 g/mol. The molecule has 0 aromatic rings. The number of ether oxygens (including phenoxy) is 1. The van der Waals surface area contributed by atoms with Gasteiger partial charge in [0.05, 0.1) is 6.61 Å². The van der Waals surface area contributed by atoms with Gasteiger partial charge >= 0.3 is 5.97 Å². The number of nitrogens with zero attached hydrogens (tertiary/aromatic N) is 1. The average Bonchev–Trinajstić information content (AvgIpc) is 3.21. The second-order valence-corrected chi connectivity index (χ2v) is 16.3. The van der Waals surface area contributed by atoms with Gasteiger partial charge < -0.3 is 9.57 Å². The third-order valence-electron chi connectivity index (χ3n) is 14.6. The molecule has 6 heteroatoms. The van der Waals surface area contributed by atoms with Crippen LogP contribution >= 0.6 is 0 Å². The van der Waals surface area contributed by atoms with Crippen LogP contribution in [-0.2, 0) is 14.4 Å². The van der Waals surface area contributed by atoms with Crippen molar-refractivity contribution in [3.63, 3.8) is 0 Å². The molecule has 5 saturated carbocycles. The Hall–Kier alpha value is -1.33. The molecule has 0 aromatic heterocycles. The van der Waals surface area contributed by atoms with E-state index >= 15 is 0 Å². The number of hydrogen-bond acceptors (Lipinski definition) is 5. The molecule has 222 valence electrons. The summed E-state index contributed by atoms with van der Waals surface area (Å²) in [6.07, 6.45) is 12.9. The predicted molar refractivity (Wildman–Crippen MR) is 152 cm³/mol. The molecule has 0 bridgehead atoms. The lowest BCUT2D eigenvalue weighted by molar-refractivity contribution is -0.758. The maximum atomic E-state index is 11.9. The first kappa shape index (κ1) is 29.2. The van der Waals surface area contributed by atoms with Crippen LogP contribution in [0.1, 0.15) is 126 Å². The second kappa shape index (κ2) is 9.61. The molecule has 5 rings (SSSR count). The fraction of sp³-hybridized carbons (Fsp3) is 0.970. The van der Waals surface area contributed by atoms with Crippen molar-refractivity contribution in [2.75, 3.05) is 6.61 Å². The van der Waals surface area contributed by atoms with Gasteiger partial charge in [-0.3, -0.25) is 4.79 Å². The average molecular weight is 546 g/mol. The predicted octanol–water partition coefficient (Wildman–Crippen LogP) is 8.25. The summed E-state index contributed by atoms with van der Waals surface area (Å²) in [4.78, 5) is 27.9. The summed E-state index contributed by atoms with van der Waals surface area (Å²) in [6, 6.07) is 0. The minimum Gasteiger partial charge on any atom is -0.462 e. The normalized spacial score (nSPS) is 48.3. The van der Waals surface area contributed by atoms with Crippen LogP contribution in [0.25, 0.3) is 0 Å². The van der Waals surface area contributed by atoms with Crippen molar-refractivity contribution in [3.8, 4) is 0 Å². The summed E-state index contributed by atoms with van der Waals surface area (Å²) in [7, 11) is 0. The van der Waals surface area contributed by atoms with Gasteiger partial charge in [0.1, 0.15) is 6.10 Å². The Morgan fingerprint density at radius 2 is 1.62 bits per heavy atom. The van der Waals surface area contributed by atoms with E-state index in [1.165, 1.54) is 51.4 Å². The van der Waals surface area contributed by atoms with Crippen LogP contribution in [0.5, 0.6) is 0 Å². The number of carbonyl (C=O) groups is 1. The smallest absolute Gasteiger partial charge is 0.302 e. The van der Waals surface area contributed by atoms with E-state index in [1.807, 2.05) is 0 Å². The maximum absolute atomic E-state index is 11.9. The van der Waals surface area contributed by atoms with Crippen LogP contribution in [0.2, 0.25) is 0 Å². The molecule has 39 heavy (non-hydrogen) atoms. The van der Waals surface area contributed by atoms with Crippen molar-refractivity contribution in [1.82, 2.24) is 0 Å². The topological polar surface area (TPSA) is 78.7 Å². The van der Waals surface area contributed by atoms with E-state index in [0.717, 1.165) is 19.3 Å². The molecule has 5 fully saturated rings. The molecular formula is C33H55NO5. The Kier molecular flexibility index (Phi) is 7.19. The Labute approximate surface area is 236 Å². The van der Waals surface area contributed by atoms with Crippen LogP contribution in [-0.4, -0.2) is 23.8 Å². The fourth-order valence-electron chi connectivity index (χ4n) is 12.7. The third-order valence-corrected chi connectivity index (χ3v) is 14.6. The minimum absolute atomic E-state index is 0.00925. The Balaban J connectivity index is 1.47. The molecule has 0 aromatic carbocycles. The van der Waals surface area contributed by atoms with Crippen LogP contribution < -0.4 is 0 Å². The summed E-state index contributed by atoms with van der Waals surface area (Å²) in [5.41, 5.74) is 1.03. The summed E-state index contributed by atoms with van der Waals surface area (Å²) < 4.78 is 5.92. The van der Waals surface area contributed by atoms with Gasteiger partial charge in [0, 0.05) is 12.3 Å². The van der Waals surface area contributed by atoms with Crippen molar-refractivity contribution < 1.29 is 19.5 Å². The lowest BCUT2D eigenvalue weighted by Crippen LogP contribution is -2.66. The minimum atomic E-state index is -0.601. The molecule has 6 nitrogen and oxygen atoms in total. The molecule has 0 saturated heterocycles. The lowest BCUT2D eigenvalue weighted by Gasteiger charge is -2.73. The van der Waals surface area contributed by atoms with Crippen LogP contribution in [0.15, 0.2) is 0 Å². The van der Waals surface area contributed by atoms with Gasteiger partial charge in [-0.2, -0.15) is 0 Å². The quantitative estimate of drug-likeness (QED) is 0.191. The van der Waals surface area contributed by atoms with Crippen molar-refractivity contribution in [2.24, 2.45) is 62.6 Å². The van der Waals surface area contributed by atoms with Gasteiger partial charge in [-0.25, -0.2) is 0 Å². The highest BCUT2D eigenvalue weighted by Gasteiger charge is 2.71. The van der Waals surface area contributed by atoms with E-state index < -0.39 is 5.09 Å². The first-order chi connectivity index (χ1) is 18.1. The molecule has 0 unspecified atom stereocenters. The summed E-state index contributed by atoms with van der Waals surface area (Å²) in [5, 5.41) is 10.4. The number of rotatable bonds is 6. The maximum Gasteiger partial charge on any atom is 0.302 e. The van der Waals surface area contributed by atoms with Crippen LogP contribution in [0, 0.1) is 72.7 Å². The molecule has 5 aliphatic rings. The van der Waals surface area contributed by atoms with Crippen molar-refractivity contribution in [3.05, 3.63) is 10.1 Å². The highest BCUT2D eigenvalue weighted by molar-refractivity contribution is 5.66. The fourth-order valence-corrected chi connectivity index (χ4v) is 12.7. The van der Waals surface area contributed by atoms with Gasteiger partial charge in [0.15, 0.2) is 0 Å². The molecule has 0 heterocycles. The van der Waals surface area contributed by atoms with E-state index in [-0.39, 0.29) is 40.3 Å². The largest absolute Gasteiger partial charge is 0.462 e. The molecule has 0 spiro atoms. The first-order valence-corrected chi connectivity index (χ1v) is 16.1. The Bertz CT molecular complexity index is 979. The van der Waals surface area contributed by atoms with Gasteiger partial charge in [0.25, 0.3) is 5.09 Å². The molecule has 10 atom stereocenters. The molecule has 0 aliphatic heterocycles. The zero-order valence-corrected chi connectivity index (χ0v) is 26.0. The molecule has 0 radical (unpaired) electrons. The van der Waals surface area contributed by atoms with Crippen molar-refractivity contribution >= 4 is 5.97 Å². The third kappa shape index (κ3) is 4.18. The van der Waals surface area contributed by atoms with E-state index in [4.69, 9.17) is 9.57 Å². The standard InChI is InChI=1S/C33H55NO5/c1-21(2)23-11-16-33(19-20-38-34(36)37)18-17-31(7)24(28(23)33)9-10-26-30(6)14-13-27(39-22(3)35)29(4,5)25(30)12-15-32(26,31)8/h21,23-28H,9-20H2,1-8H3/t23-,24+,25-,26+,27-,28+,30-,31+,32+,33+/m0/s1. The van der Waals surface area contributed by atoms with Gasteiger partial charge in [-0.15, -0.1) is 10.1 Å². The summed E-state index contributed by atoms with van der Waals surface area (Å²) >= 11 is 0. The lowest BCUT2D eigenvalue weighted by atomic mass is 9.32.